The van der Waals surface area contributed by atoms with E-state index >= 15 is 0 Å². The zero-order valence-electron chi connectivity index (χ0n) is 18.1. The summed E-state index contributed by atoms with van der Waals surface area (Å²) in [4.78, 5) is 0. The number of rotatable bonds is 8. The van der Waals surface area contributed by atoms with Crippen LogP contribution < -0.4 is 0 Å². The van der Waals surface area contributed by atoms with E-state index in [1.165, 1.54) is 36.8 Å². The summed E-state index contributed by atoms with van der Waals surface area (Å²) in [5.74, 6) is 0. The zero-order chi connectivity index (χ0) is 18.8. The van der Waals surface area contributed by atoms with Crippen LogP contribution in [0.2, 0.25) is 0 Å². The second-order valence-corrected chi connectivity index (χ2v) is 9.37. The van der Waals surface area contributed by atoms with E-state index in [4.69, 9.17) is 0 Å². The van der Waals surface area contributed by atoms with Crippen molar-refractivity contribution >= 4 is 0 Å². The van der Waals surface area contributed by atoms with E-state index in [0.29, 0.717) is 10.8 Å². The van der Waals surface area contributed by atoms with Gasteiger partial charge in [0.1, 0.15) is 0 Å². The summed E-state index contributed by atoms with van der Waals surface area (Å²) in [5, 5.41) is 0. The van der Waals surface area contributed by atoms with Crippen molar-refractivity contribution in [3.63, 3.8) is 0 Å². The van der Waals surface area contributed by atoms with Gasteiger partial charge in [-0.15, -0.1) is 0 Å². The molecule has 0 heteroatoms. The standard InChI is InChI=1S/C24H42/c1-11-23(9,12-2)21(5,6)19-16-15-17-20(18-19)22(7,8)24(10,13-3)14-4/h15-18H,11-14H2,1-10H3. The summed E-state index contributed by atoms with van der Waals surface area (Å²) in [6.45, 7) is 24.0. The van der Waals surface area contributed by atoms with E-state index < -0.39 is 0 Å². The highest BCUT2D eigenvalue weighted by molar-refractivity contribution is 5.36. The van der Waals surface area contributed by atoms with E-state index in [1.54, 1.807) is 0 Å². The maximum Gasteiger partial charge on any atom is -0.00499 e. The van der Waals surface area contributed by atoms with Crippen molar-refractivity contribution in [2.24, 2.45) is 10.8 Å². The van der Waals surface area contributed by atoms with Crippen LogP contribution in [0.3, 0.4) is 0 Å². The van der Waals surface area contributed by atoms with Crippen molar-refractivity contribution in [1.82, 2.24) is 0 Å². The third-order valence-corrected chi connectivity index (χ3v) is 8.45. The molecule has 0 saturated carbocycles. The molecule has 1 rings (SSSR count). The molecule has 0 aliphatic carbocycles. The molecule has 1 aromatic rings. The molecule has 0 spiro atoms. The lowest BCUT2D eigenvalue weighted by atomic mass is 9.58. The van der Waals surface area contributed by atoms with Crippen LogP contribution in [-0.2, 0) is 10.8 Å². The van der Waals surface area contributed by atoms with Gasteiger partial charge >= 0.3 is 0 Å². The van der Waals surface area contributed by atoms with Crippen molar-refractivity contribution in [3.05, 3.63) is 35.4 Å². The second kappa shape index (κ2) is 7.22. The lowest BCUT2D eigenvalue weighted by Crippen LogP contribution is -2.40. The van der Waals surface area contributed by atoms with Crippen LogP contribution >= 0.6 is 0 Å². The molecule has 1 aromatic carbocycles. The molecule has 0 nitrogen and oxygen atoms in total. The summed E-state index contributed by atoms with van der Waals surface area (Å²) in [6, 6.07) is 9.48. The van der Waals surface area contributed by atoms with Crippen LogP contribution in [0, 0.1) is 10.8 Å². The van der Waals surface area contributed by atoms with Gasteiger partial charge < -0.3 is 0 Å². The predicted molar refractivity (Wildman–Crippen MR) is 110 cm³/mol. The molecule has 0 fully saturated rings. The third kappa shape index (κ3) is 3.31. The van der Waals surface area contributed by atoms with E-state index in [-0.39, 0.29) is 10.8 Å². The third-order valence-electron chi connectivity index (χ3n) is 8.45. The smallest absolute Gasteiger partial charge is 0.00499 e. The van der Waals surface area contributed by atoms with Crippen molar-refractivity contribution in [3.8, 4) is 0 Å². The molecule has 0 radical (unpaired) electrons. The zero-order valence-corrected chi connectivity index (χ0v) is 18.1. The highest BCUT2D eigenvalue weighted by Crippen LogP contribution is 2.49. The van der Waals surface area contributed by atoms with Crippen molar-refractivity contribution in [2.75, 3.05) is 0 Å². The summed E-state index contributed by atoms with van der Waals surface area (Å²) in [5.41, 5.74) is 4.00. The Morgan fingerprint density at radius 1 is 0.583 bits per heavy atom. The molecular formula is C24H42. The van der Waals surface area contributed by atoms with Crippen molar-refractivity contribution in [2.45, 2.75) is 106 Å². The summed E-state index contributed by atoms with van der Waals surface area (Å²) < 4.78 is 0. The summed E-state index contributed by atoms with van der Waals surface area (Å²) in [6.07, 6.45) is 4.86. The predicted octanol–water partition coefficient (Wildman–Crippen LogP) is 7.89. The van der Waals surface area contributed by atoms with Crippen LogP contribution in [-0.4, -0.2) is 0 Å². The fourth-order valence-electron chi connectivity index (χ4n) is 4.26. The molecule has 0 bridgehead atoms. The second-order valence-electron chi connectivity index (χ2n) is 9.37. The molecule has 0 aliphatic heterocycles. The van der Waals surface area contributed by atoms with Gasteiger partial charge in [-0.25, -0.2) is 0 Å². The maximum absolute atomic E-state index is 2.51. The van der Waals surface area contributed by atoms with Gasteiger partial charge in [-0.05, 0) is 58.5 Å². The van der Waals surface area contributed by atoms with Crippen LogP contribution in [0.25, 0.3) is 0 Å². The van der Waals surface area contributed by atoms with Gasteiger partial charge in [-0.2, -0.15) is 0 Å². The Bertz CT molecular complexity index is 479. The molecule has 0 N–H and O–H groups in total. The largest absolute Gasteiger partial charge is 0.0648 e. The van der Waals surface area contributed by atoms with E-state index in [1.807, 2.05) is 0 Å². The fraction of sp³-hybridized carbons (Fsp3) is 0.750. The number of hydrogen-bond donors (Lipinski definition) is 0. The molecular weight excluding hydrogens is 288 g/mol. The topological polar surface area (TPSA) is 0 Å². The molecule has 24 heavy (non-hydrogen) atoms. The fourth-order valence-corrected chi connectivity index (χ4v) is 4.26. The summed E-state index contributed by atoms with van der Waals surface area (Å²) >= 11 is 0. The normalized spacial score (nSPS) is 14.1. The lowest BCUT2D eigenvalue weighted by molar-refractivity contribution is 0.148. The van der Waals surface area contributed by atoms with Gasteiger partial charge in [-0.3, -0.25) is 0 Å². The summed E-state index contributed by atoms with van der Waals surface area (Å²) in [7, 11) is 0. The Balaban J connectivity index is 3.43. The van der Waals surface area contributed by atoms with Gasteiger partial charge in [0, 0.05) is 0 Å². The lowest BCUT2D eigenvalue weighted by Gasteiger charge is -2.47. The minimum Gasteiger partial charge on any atom is -0.0648 e. The molecule has 138 valence electrons. The van der Waals surface area contributed by atoms with Gasteiger partial charge in [0.15, 0.2) is 0 Å². The minimum atomic E-state index is 0.178. The van der Waals surface area contributed by atoms with Gasteiger partial charge in [-0.1, -0.05) is 93.5 Å². The monoisotopic (exact) mass is 330 g/mol. The quantitative estimate of drug-likeness (QED) is 0.454. The Morgan fingerprint density at radius 3 is 1.12 bits per heavy atom. The first kappa shape index (κ1) is 21.3. The molecule has 0 saturated heterocycles. The number of hydrogen-bond acceptors (Lipinski definition) is 0. The molecule has 0 unspecified atom stereocenters. The highest BCUT2D eigenvalue weighted by Gasteiger charge is 2.42. The van der Waals surface area contributed by atoms with Crippen molar-refractivity contribution in [1.29, 1.82) is 0 Å². The van der Waals surface area contributed by atoms with E-state index in [0.717, 1.165) is 0 Å². The first-order chi connectivity index (χ1) is 11.0. The number of benzene rings is 1. The molecule has 0 aromatic heterocycles. The first-order valence-electron chi connectivity index (χ1n) is 10.1. The molecule has 0 aliphatic rings. The Hall–Kier alpha value is -0.780. The Labute approximate surface area is 152 Å². The van der Waals surface area contributed by atoms with Gasteiger partial charge in [0.25, 0.3) is 0 Å². The van der Waals surface area contributed by atoms with Crippen LogP contribution in [0.5, 0.6) is 0 Å². The average Bonchev–Trinajstić information content (AvgIpc) is 2.59. The molecule has 0 heterocycles. The highest BCUT2D eigenvalue weighted by atomic mass is 14.5. The minimum absolute atomic E-state index is 0.178. The van der Waals surface area contributed by atoms with Gasteiger partial charge in [0.05, 0.1) is 0 Å². The maximum atomic E-state index is 2.51. The Kier molecular flexibility index (Phi) is 6.40. The SMILES string of the molecule is CCC(C)(CC)C(C)(C)c1cccc(C(C)(C)C(C)(CC)CC)c1. The van der Waals surface area contributed by atoms with Crippen LogP contribution in [0.1, 0.15) is 106 Å². The van der Waals surface area contributed by atoms with E-state index in [9.17, 15) is 0 Å². The molecule has 0 amide bonds. The van der Waals surface area contributed by atoms with Crippen LogP contribution in [0.4, 0.5) is 0 Å². The molecule has 0 atom stereocenters. The Morgan fingerprint density at radius 2 is 0.875 bits per heavy atom. The van der Waals surface area contributed by atoms with Crippen LogP contribution in [0.15, 0.2) is 24.3 Å². The van der Waals surface area contributed by atoms with Gasteiger partial charge in [0.2, 0.25) is 0 Å². The van der Waals surface area contributed by atoms with Crippen molar-refractivity contribution < 1.29 is 0 Å². The van der Waals surface area contributed by atoms with E-state index in [2.05, 4.69) is 93.5 Å². The first-order valence-corrected chi connectivity index (χ1v) is 10.1. The average molecular weight is 331 g/mol.